The van der Waals surface area contributed by atoms with Crippen LogP contribution in [0.4, 0.5) is 14.5 Å². The maximum absolute atomic E-state index is 13.4. The smallest absolute Gasteiger partial charge is 0.236 e. The number of rotatable bonds is 5. The number of hydrogen-bond donors (Lipinski definition) is 2. The first-order chi connectivity index (χ1) is 12.5. The molecule has 2 aliphatic heterocycles. The SMILES string of the molecule is CN(CC(=O)N1CCCC(Nc2ccc(F)c(F)c2)C1)C1CCNCC1. The number of benzene rings is 1. The Bertz CT molecular complexity index is 622. The molecule has 2 N–H and O–H groups in total. The summed E-state index contributed by atoms with van der Waals surface area (Å²) in [4.78, 5) is 16.7. The summed E-state index contributed by atoms with van der Waals surface area (Å²) in [5.74, 6) is -1.57. The maximum atomic E-state index is 13.4. The van der Waals surface area contributed by atoms with Crippen LogP contribution in [0.2, 0.25) is 0 Å². The minimum atomic E-state index is -0.859. The lowest BCUT2D eigenvalue weighted by molar-refractivity contribution is -0.133. The molecule has 0 bridgehead atoms. The normalized spacial score (nSPS) is 21.8. The standard InChI is InChI=1S/C19H28F2N4O/c1-24(16-6-8-22-9-7-16)13-19(26)25-10-2-3-15(12-25)23-14-4-5-17(20)18(21)11-14/h4-5,11,15-16,22-23H,2-3,6-10,12-13H2,1H3. The number of carbonyl (C=O) groups is 1. The molecule has 5 nitrogen and oxygen atoms in total. The van der Waals surface area contributed by atoms with E-state index in [1.165, 1.54) is 12.1 Å². The van der Waals surface area contributed by atoms with E-state index in [1.807, 2.05) is 11.9 Å². The highest BCUT2D eigenvalue weighted by atomic mass is 19.2. The van der Waals surface area contributed by atoms with Crippen molar-refractivity contribution in [3.05, 3.63) is 29.8 Å². The number of carbonyl (C=O) groups excluding carboxylic acids is 1. The summed E-state index contributed by atoms with van der Waals surface area (Å²) in [6.45, 7) is 3.80. The number of amides is 1. The largest absolute Gasteiger partial charge is 0.380 e. The van der Waals surface area contributed by atoms with Crippen molar-refractivity contribution in [1.29, 1.82) is 0 Å². The lowest BCUT2D eigenvalue weighted by Gasteiger charge is -2.36. The zero-order chi connectivity index (χ0) is 18.5. The highest BCUT2D eigenvalue weighted by Gasteiger charge is 2.26. The molecule has 26 heavy (non-hydrogen) atoms. The summed E-state index contributed by atoms with van der Waals surface area (Å²) in [6, 6.07) is 4.34. The molecule has 2 fully saturated rings. The van der Waals surface area contributed by atoms with Gasteiger partial charge in [-0.15, -0.1) is 0 Å². The van der Waals surface area contributed by atoms with E-state index in [1.54, 1.807) is 0 Å². The van der Waals surface area contributed by atoms with Crippen LogP contribution in [0.3, 0.4) is 0 Å². The average Bonchev–Trinajstić information content (AvgIpc) is 2.65. The molecule has 0 aliphatic carbocycles. The Hall–Kier alpha value is -1.73. The number of nitrogens with one attached hydrogen (secondary N) is 2. The molecular weight excluding hydrogens is 338 g/mol. The fourth-order valence-electron chi connectivity index (χ4n) is 3.83. The molecule has 0 spiro atoms. The van der Waals surface area contributed by atoms with Crippen LogP contribution in [-0.4, -0.2) is 67.6 Å². The van der Waals surface area contributed by atoms with Gasteiger partial charge in [0, 0.05) is 36.9 Å². The van der Waals surface area contributed by atoms with Crippen molar-refractivity contribution in [3.63, 3.8) is 0 Å². The van der Waals surface area contributed by atoms with E-state index < -0.39 is 11.6 Å². The van der Waals surface area contributed by atoms with Gasteiger partial charge in [0.25, 0.3) is 0 Å². The Labute approximate surface area is 153 Å². The number of anilines is 1. The topological polar surface area (TPSA) is 47.6 Å². The molecule has 2 aliphatic rings. The van der Waals surface area contributed by atoms with Crippen molar-refractivity contribution >= 4 is 11.6 Å². The van der Waals surface area contributed by atoms with Gasteiger partial charge in [-0.1, -0.05) is 0 Å². The first kappa shape index (κ1) is 19.0. The first-order valence-electron chi connectivity index (χ1n) is 9.43. The first-order valence-corrected chi connectivity index (χ1v) is 9.43. The van der Waals surface area contributed by atoms with E-state index in [0.717, 1.165) is 51.4 Å². The Morgan fingerprint density at radius 1 is 1.27 bits per heavy atom. The van der Waals surface area contributed by atoms with Gasteiger partial charge in [-0.3, -0.25) is 9.69 Å². The summed E-state index contributed by atoms with van der Waals surface area (Å²) in [5.41, 5.74) is 0.551. The summed E-state index contributed by atoms with van der Waals surface area (Å²) in [5, 5.41) is 6.57. The van der Waals surface area contributed by atoms with Gasteiger partial charge in [0.05, 0.1) is 6.54 Å². The molecule has 1 unspecified atom stereocenters. The molecule has 3 rings (SSSR count). The predicted octanol–water partition coefficient (Wildman–Crippen LogP) is 2.05. The van der Waals surface area contributed by atoms with Crippen LogP contribution in [0, 0.1) is 11.6 Å². The van der Waals surface area contributed by atoms with Gasteiger partial charge in [-0.2, -0.15) is 0 Å². The minimum absolute atomic E-state index is 0.0572. The second-order valence-electron chi connectivity index (χ2n) is 7.35. The quantitative estimate of drug-likeness (QED) is 0.837. The van der Waals surface area contributed by atoms with E-state index in [2.05, 4.69) is 15.5 Å². The summed E-state index contributed by atoms with van der Waals surface area (Å²) < 4.78 is 26.4. The number of likely N-dealkylation sites (tertiary alicyclic amines) is 1. The van der Waals surface area contributed by atoms with Gasteiger partial charge in [-0.25, -0.2) is 8.78 Å². The highest BCUT2D eigenvalue weighted by molar-refractivity contribution is 5.78. The minimum Gasteiger partial charge on any atom is -0.380 e. The van der Waals surface area contributed by atoms with Crippen LogP contribution in [-0.2, 0) is 4.79 Å². The maximum Gasteiger partial charge on any atom is 0.236 e. The van der Waals surface area contributed by atoms with Gasteiger partial charge in [0.1, 0.15) is 0 Å². The van der Waals surface area contributed by atoms with Crippen LogP contribution in [0.15, 0.2) is 18.2 Å². The summed E-state index contributed by atoms with van der Waals surface area (Å²) >= 11 is 0. The number of hydrogen-bond acceptors (Lipinski definition) is 4. The molecule has 1 aromatic rings. The third-order valence-electron chi connectivity index (χ3n) is 5.38. The summed E-state index contributed by atoms with van der Waals surface area (Å²) in [7, 11) is 2.02. The molecule has 1 aromatic carbocycles. The fourth-order valence-corrected chi connectivity index (χ4v) is 3.83. The van der Waals surface area contributed by atoms with Crippen molar-refractivity contribution in [2.75, 3.05) is 45.1 Å². The van der Waals surface area contributed by atoms with Gasteiger partial charge in [0.15, 0.2) is 11.6 Å². The van der Waals surface area contributed by atoms with Crippen LogP contribution < -0.4 is 10.6 Å². The monoisotopic (exact) mass is 366 g/mol. The molecule has 0 aromatic heterocycles. The number of nitrogens with zero attached hydrogens (tertiary/aromatic N) is 2. The second kappa shape index (κ2) is 8.77. The van der Waals surface area contributed by atoms with E-state index in [-0.39, 0.29) is 11.9 Å². The molecule has 1 amide bonds. The molecule has 1 atom stereocenters. The molecule has 2 saturated heterocycles. The second-order valence-corrected chi connectivity index (χ2v) is 7.35. The molecule has 2 heterocycles. The van der Waals surface area contributed by atoms with Gasteiger partial charge in [0.2, 0.25) is 5.91 Å². The van der Waals surface area contributed by atoms with Crippen LogP contribution in [0.1, 0.15) is 25.7 Å². The average molecular weight is 366 g/mol. The van der Waals surface area contributed by atoms with Crippen molar-refractivity contribution in [1.82, 2.24) is 15.1 Å². The van der Waals surface area contributed by atoms with Gasteiger partial charge < -0.3 is 15.5 Å². The predicted molar refractivity (Wildman–Crippen MR) is 98.1 cm³/mol. The van der Waals surface area contributed by atoms with Crippen LogP contribution in [0.5, 0.6) is 0 Å². The van der Waals surface area contributed by atoms with Crippen molar-refractivity contribution < 1.29 is 13.6 Å². The Kier molecular flexibility index (Phi) is 6.43. The molecular formula is C19H28F2N4O. The fraction of sp³-hybridized carbons (Fsp3) is 0.632. The Morgan fingerprint density at radius 3 is 2.77 bits per heavy atom. The Balaban J connectivity index is 1.52. The van der Waals surface area contributed by atoms with Crippen molar-refractivity contribution in [2.24, 2.45) is 0 Å². The zero-order valence-corrected chi connectivity index (χ0v) is 15.3. The van der Waals surface area contributed by atoms with Gasteiger partial charge in [-0.05, 0) is 58.0 Å². The highest BCUT2D eigenvalue weighted by Crippen LogP contribution is 2.19. The van der Waals surface area contributed by atoms with E-state index in [9.17, 15) is 13.6 Å². The van der Waals surface area contributed by atoms with Gasteiger partial charge >= 0.3 is 0 Å². The molecule has 0 saturated carbocycles. The van der Waals surface area contributed by atoms with Crippen LogP contribution in [0.25, 0.3) is 0 Å². The van der Waals surface area contributed by atoms with E-state index >= 15 is 0 Å². The Morgan fingerprint density at radius 2 is 2.04 bits per heavy atom. The summed E-state index contributed by atoms with van der Waals surface area (Å²) in [6.07, 6.45) is 3.96. The van der Waals surface area contributed by atoms with E-state index in [4.69, 9.17) is 0 Å². The van der Waals surface area contributed by atoms with Crippen molar-refractivity contribution in [3.8, 4) is 0 Å². The van der Waals surface area contributed by atoms with Crippen LogP contribution >= 0.6 is 0 Å². The lowest BCUT2D eigenvalue weighted by atomic mass is 10.0. The lowest BCUT2D eigenvalue weighted by Crippen LogP contribution is -2.50. The van der Waals surface area contributed by atoms with E-state index in [0.29, 0.717) is 24.8 Å². The molecule has 7 heteroatoms. The third kappa shape index (κ3) is 4.92. The zero-order valence-electron chi connectivity index (χ0n) is 15.3. The number of likely N-dealkylation sites (N-methyl/N-ethyl adjacent to an activating group) is 1. The molecule has 0 radical (unpaired) electrons. The van der Waals surface area contributed by atoms with Crippen molar-refractivity contribution in [2.45, 2.75) is 37.8 Å². The third-order valence-corrected chi connectivity index (χ3v) is 5.38. The molecule has 144 valence electrons. The number of halogens is 2. The number of piperidine rings is 2.